The minimum atomic E-state index is -0.0418. The van der Waals surface area contributed by atoms with Crippen LogP contribution in [0.15, 0.2) is 12.1 Å². The van der Waals surface area contributed by atoms with Gasteiger partial charge in [0.15, 0.2) is 0 Å². The molecule has 1 aromatic rings. The molecule has 3 rings (SSSR count). The summed E-state index contributed by atoms with van der Waals surface area (Å²) in [5.41, 5.74) is 2.18. The summed E-state index contributed by atoms with van der Waals surface area (Å²) < 4.78 is 20.6. The van der Waals surface area contributed by atoms with Gasteiger partial charge in [0, 0.05) is 6.07 Å². The fraction of sp³-hybridized carbons (Fsp3) is 0.714. The summed E-state index contributed by atoms with van der Waals surface area (Å²) in [6.45, 7) is 4.44. The highest BCUT2D eigenvalue weighted by atomic mass is 19.1. The molecule has 1 aliphatic carbocycles. The molecule has 1 nitrogen and oxygen atoms in total. The second kappa shape index (κ2) is 7.68. The summed E-state index contributed by atoms with van der Waals surface area (Å²) in [4.78, 5) is 0. The lowest BCUT2D eigenvalue weighted by atomic mass is 9.76. The van der Waals surface area contributed by atoms with Gasteiger partial charge in [-0.25, -0.2) is 4.39 Å². The molecule has 0 amide bonds. The van der Waals surface area contributed by atoms with E-state index in [0.717, 1.165) is 55.8 Å². The molecule has 0 bridgehead atoms. The molecule has 128 valence electrons. The van der Waals surface area contributed by atoms with Crippen molar-refractivity contribution in [3.05, 3.63) is 29.1 Å². The Morgan fingerprint density at radius 2 is 1.74 bits per heavy atom. The first-order chi connectivity index (χ1) is 11.2. The Bertz CT molecular complexity index is 517. The van der Waals surface area contributed by atoms with Crippen LogP contribution in [-0.2, 0) is 6.42 Å². The van der Waals surface area contributed by atoms with E-state index in [0.29, 0.717) is 5.92 Å². The molecule has 1 atom stereocenters. The van der Waals surface area contributed by atoms with Crippen LogP contribution in [0.4, 0.5) is 4.39 Å². The van der Waals surface area contributed by atoms with Gasteiger partial charge in [-0.15, -0.1) is 0 Å². The summed E-state index contributed by atoms with van der Waals surface area (Å²) in [5, 5.41) is 0. The van der Waals surface area contributed by atoms with Crippen molar-refractivity contribution in [1.29, 1.82) is 0 Å². The van der Waals surface area contributed by atoms with E-state index in [1.807, 2.05) is 0 Å². The van der Waals surface area contributed by atoms with Crippen molar-refractivity contribution < 1.29 is 9.13 Å². The SMILES string of the molecule is CCCC1CCC(c2cc3c(cc2F)OC(CCC)CC3)CC1. The highest BCUT2D eigenvalue weighted by Gasteiger charge is 2.27. The summed E-state index contributed by atoms with van der Waals surface area (Å²) in [7, 11) is 0. The molecular weight excluding hydrogens is 287 g/mol. The number of fused-ring (bicyclic) bond motifs is 1. The minimum Gasteiger partial charge on any atom is -0.490 e. The zero-order valence-electron chi connectivity index (χ0n) is 14.7. The van der Waals surface area contributed by atoms with Crippen molar-refractivity contribution in [3.8, 4) is 5.75 Å². The second-order valence-corrected chi connectivity index (χ2v) is 7.55. The highest BCUT2D eigenvalue weighted by molar-refractivity contribution is 5.41. The molecule has 0 aromatic heterocycles. The Balaban J connectivity index is 1.70. The van der Waals surface area contributed by atoms with Crippen LogP contribution in [0, 0.1) is 11.7 Å². The quantitative estimate of drug-likeness (QED) is 0.611. The third kappa shape index (κ3) is 3.89. The molecule has 2 heteroatoms. The third-order valence-corrected chi connectivity index (χ3v) is 5.80. The molecule has 0 saturated heterocycles. The first-order valence-electron chi connectivity index (χ1n) is 9.70. The molecule has 1 unspecified atom stereocenters. The molecule has 1 fully saturated rings. The smallest absolute Gasteiger partial charge is 0.130 e. The van der Waals surface area contributed by atoms with Crippen LogP contribution in [0.3, 0.4) is 0 Å². The van der Waals surface area contributed by atoms with Crippen molar-refractivity contribution in [2.45, 2.75) is 90.1 Å². The van der Waals surface area contributed by atoms with Gasteiger partial charge in [-0.2, -0.15) is 0 Å². The van der Waals surface area contributed by atoms with Crippen LogP contribution in [0.25, 0.3) is 0 Å². The van der Waals surface area contributed by atoms with Gasteiger partial charge in [-0.05, 0) is 74.0 Å². The van der Waals surface area contributed by atoms with Gasteiger partial charge in [-0.3, -0.25) is 0 Å². The van der Waals surface area contributed by atoms with Gasteiger partial charge in [0.1, 0.15) is 11.6 Å². The van der Waals surface area contributed by atoms with E-state index in [4.69, 9.17) is 4.74 Å². The molecule has 1 saturated carbocycles. The van der Waals surface area contributed by atoms with Gasteiger partial charge in [-0.1, -0.05) is 33.1 Å². The molecule has 2 aliphatic rings. The Labute approximate surface area is 140 Å². The van der Waals surface area contributed by atoms with Crippen molar-refractivity contribution >= 4 is 0 Å². The van der Waals surface area contributed by atoms with E-state index in [9.17, 15) is 4.39 Å². The van der Waals surface area contributed by atoms with Gasteiger partial charge in [0.05, 0.1) is 6.10 Å². The lowest BCUT2D eigenvalue weighted by Crippen LogP contribution is -2.23. The van der Waals surface area contributed by atoms with E-state index < -0.39 is 0 Å². The van der Waals surface area contributed by atoms with Crippen LogP contribution < -0.4 is 4.74 Å². The maximum atomic E-state index is 14.6. The third-order valence-electron chi connectivity index (χ3n) is 5.80. The van der Waals surface area contributed by atoms with Crippen LogP contribution in [0.1, 0.15) is 88.7 Å². The van der Waals surface area contributed by atoms with Crippen molar-refractivity contribution in [1.82, 2.24) is 0 Å². The standard InChI is InChI=1S/C21H31FO/c1-3-5-15-7-9-16(10-8-15)19-13-17-11-12-18(6-4-2)23-21(17)14-20(19)22/h13-16,18H,3-12H2,1-2H3. The van der Waals surface area contributed by atoms with E-state index in [-0.39, 0.29) is 11.9 Å². The molecular formula is C21H31FO. The van der Waals surface area contributed by atoms with E-state index >= 15 is 0 Å². The summed E-state index contributed by atoms with van der Waals surface area (Å²) in [6, 6.07) is 3.79. The number of ether oxygens (including phenoxy) is 1. The molecule has 0 radical (unpaired) electrons. The molecule has 0 N–H and O–H groups in total. The van der Waals surface area contributed by atoms with Gasteiger partial charge < -0.3 is 4.74 Å². The normalized spacial score (nSPS) is 27.3. The first-order valence-corrected chi connectivity index (χ1v) is 9.70. The predicted octanol–water partition coefficient (Wildman–Crippen LogP) is 6.39. The number of rotatable bonds is 5. The average Bonchev–Trinajstić information content (AvgIpc) is 2.56. The van der Waals surface area contributed by atoms with Crippen LogP contribution in [0.5, 0.6) is 5.75 Å². The number of aryl methyl sites for hydroxylation is 1. The number of benzene rings is 1. The van der Waals surface area contributed by atoms with Gasteiger partial charge in [0.2, 0.25) is 0 Å². The Hall–Kier alpha value is -1.05. The molecule has 1 aliphatic heterocycles. The second-order valence-electron chi connectivity index (χ2n) is 7.55. The zero-order chi connectivity index (χ0) is 16.2. The number of hydrogen-bond donors (Lipinski definition) is 0. The highest BCUT2D eigenvalue weighted by Crippen LogP contribution is 2.41. The monoisotopic (exact) mass is 318 g/mol. The van der Waals surface area contributed by atoms with E-state index in [2.05, 4.69) is 19.9 Å². The molecule has 0 spiro atoms. The van der Waals surface area contributed by atoms with Crippen molar-refractivity contribution in [3.63, 3.8) is 0 Å². The first kappa shape index (κ1) is 16.8. The fourth-order valence-electron chi connectivity index (χ4n) is 4.49. The molecule has 1 aromatic carbocycles. The van der Waals surface area contributed by atoms with Crippen LogP contribution >= 0.6 is 0 Å². The largest absolute Gasteiger partial charge is 0.490 e. The van der Waals surface area contributed by atoms with Gasteiger partial charge >= 0.3 is 0 Å². The van der Waals surface area contributed by atoms with Gasteiger partial charge in [0.25, 0.3) is 0 Å². The Kier molecular flexibility index (Phi) is 5.61. The van der Waals surface area contributed by atoms with Crippen LogP contribution in [0.2, 0.25) is 0 Å². The van der Waals surface area contributed by atoms with Crippen LogP contribution in [-0.4, -0.2) is 6.10 Å². The fourth-order valence-corrected chi connectivity index (χ4v) is 4.49. The zero-order valence-corrected chi connectivity index (χ0v) is 14.7. The maximum absolute atomic E-state index is 14.6. The molecule has 1 heterocycles. The van der Waals surface area contributed by atoms with E-state index in [1.165, 1.54) is 31.2 Å². The topological polar surface area (TPSA) is 9.23 Å². The summed E-state index contributed by atoms with van der Waals surface area (Å²) in [5.74, 6) is 2.05. The lowest BCUT2D eigenvalue weighted by molar-refractivity contribution is 0.162. The lowest BCUT2D eigenvalue weighted by Gasteiger charge is -2.31. The van der Waals surface area contributed by atoms with E-state index in [1.54, 1.807) is 6.07 Å². The Morgan fingerprint density at radius 1 is 1.00 bits per heavy atom. The maximum Gasteiger partial charge on any atom is 0.130 e. The Morgan fingerprint density at radius 3 is 2.43 bits per heavy atom. The summed E-state index contributed by atoms with van der Waals surface area (Å²) >= 11 is 0. The number of hydrogen-bond acceptors (Lipinski definition) is 1. The minimum absolute atomic E-state index is 0.0418. The average molecular weight is 318 g/mol. The van der Waals surface area contributed by atoms with Crippen molar-refractivity contribution in [2.24, 2.45) is 5.92 Å². The molecule has 23 heavy (non-hydrogen) atoms. The number of halogens is 1. The van der Waals surface area contributed by atoms with Crippen molar-refractivity contribution in [2.75, 3.05) is 0 Å². The summed E-state index contributed by atoms with van der Waals surface area (Å²) in [6.07, 6.45) is 12.1. The predicted molar refractivity (Wildman–Crippen MR) is 93.7 cm³/mol.